The molecule has 1 amide bonds. The Morgan fingerprint density at radius 3 is 2.55 bits per heavy atom. The van der Waals surface area contributed by atoms with Gasteiger partial charge in [0.15, 0.2) is 0 Å². The Kier molecular flexibility index (Phi) is 4.38. The number of carbonyl (C=O) groups excluding carboxylic acids is 1. The number of phenolic OH excluding ortho intramolecular Hbond substituents is 1. The largest absolute Gasteiger partial charge is 0.505 e. The number of rotatable bonds is 4. The lowest BCUT2D eigenvalue weighted by Gasteiger charge is -2.09. The highest BCUT2D eigenvalue weighted by molar-refractivity contribution is 6.05. The molecule has 4 N–H and O–H groups in total. The van der Waals surface area contributed by atoms with Crippen molar-refractivity contribution in [3.63, 3.8) is 0 Å². The van der Waals surface area contributed by atoms with Crippen LogP contribution in [0.2, 0.25) is 0 Å². The van der Waals surface area contributed by atoms with Crippen LogP contribution in [-0.4, -0.2) is 17.6 Å². The highest BCUT2D eigenvalue weighted by atomic mass is 16.3. The molecule has 0 unspecified atom stereocenters. The van der Waals surface area contributed by atoms with Crippen molar-refractivity contribution in [1.82, 2.24) is 0 Å². The van der Waals surface area contributed by atoms with Crippen LogP contribution in [0.3, 0.4) is 0 Å². The summed E-state index contributed by atoms with van der Waals surface area (Å²) in [5.41, 5.74) is 8.27. The van der Waals surface area contributed by atoms with E-state index in [1.54, 1.807) is 37.3 Å². The van der Waals surface area contributed by atoms with Gasteiger partial charge in [-0.1, -0.05) is 24.3 Å². The third-order valence-electron chi connectivity index (χ3n) is 3.14. The second-order valence-corrected chi connectivity index (χ2v) is 4.66. The second kappa shape index (κ2) is 6.21. The molecule has 0 aromatic heterocycles. The van der Waals surface area contributed by atoms with Crippen molar-refractivity contribution in [2.45, 2.75) is 13.3 Å². The van der Waals surface area contributed by atoms with E-state index in [4.69, 9.17) is 5.73 Å². The fourth-order valence-electron chi connectivity index (χ4n) is 1.94. The zero-order valence-electron chi connectivity index (χ0n) is 11.4. The number of carbonyl (C=O) groups is 1. The van der Waals surface area contributed by atoms with Gasteiger partial charge in [0.1, 0.15) is 5.75 Å². The summed E-state index contributed by atoms with van der Waals surface area (Å²) in [4.78, 5) is 12.1. The van der Waals surface area contributed by atoms with E-state index in [9.17, 15) is 9.90 Å². The van der Waals surface area contributed by atoms with E-state index in [0.29, 0.717) is 17.8 Å². The number of para-hydroxylation sites is 1. The maximum Gasteiger partial charge on any atom is 0.255 e. The first-order valence-electron chi connectivity index (χ1n) is 6.50. The lowest BCUT2D eigenvalue weighted by Crippen LogP contribution is -2.12. The van der Waals surface area contributed by atoms with E-state index in [-0.39, 0.29) is 11.7 Å². The number of nitrogens with two attached hydrogens (primary N) is 1. The van der Waals surface area contributed by atoms with Crippen molar-refractivity contribution in [3.05, 3.63) is 59.2 Å². The summed E-state index contributed by atoms with van der Waals surface area (Å²) in [7, 11) is 0. The van der Waals surface area contributed by atoms with Gasteiger partial charge < -0.3 is 16.2 Å². The molecule has 0 radical (unpaired) electrons. The van der Waals surface area contributed by atoms with E-state index in [1.165, 1.54) is 0 Å². The lowest BCUT2D eigenvalue weighted by atomic mass is 10.1. The van der Waals surface area contributed by atoms with Crippen LogP contribution < -0.4 is 11.1 Å². The molecule has 104 valence electrons. The molecule has 0 fully saturated rings. The van der Waals surface area contributed by atoms with Crippen molar-refractivity contribution in [2.24, 2.45) is 5.73 Å². The predicted molar refractivity (Wildman–Crippen MR) is 80.0 cm³/mol. The number of benzene rings is 2. The van der Waals surface area contributed by atoms with E-state index in [0.717, 1.165) is 17.5 Å². The monoisotopic (exact) mass is 270 g/mol. The third kappa shape index (κ3) is 3.16. The van der Waals surface area contributed by atoms with Gasteiger partial charge in [-0.3, -0.25) is 4.79 Å². The van der Waals surface area contributed by atoms with Crippen LogP contribution in [0.1, 0.15) is 21.5 Å². The number of anilines is 1. The van der Waals surface area contributed by atoms with Crippen LogP contribution in [0.4, 0.5) is 5.69 Å². The summed E-state index contributed by atoms with van der Waals surface area (Å²) in [5.74, 6) is -0.147. The molecule has 0 bridgehead atoms. The van der Waals surface area contributed by atoms with Crippen LogP contribution in [0, 0.1) is 6.92 Å². The molecule has 0 heterocycles. The molecule has 20 heavy (non-hydrogen) atoms. The molecule has 2 aromatic rings. The molecule has 0 aliphatic rings. The smallest absolute Gasteiger partial charge is 0.255 e. The average Bonchev–Trinajstić information content (AvgIpc) is 2.45. The van der Waals surface area contributed by atoms with Crippen LogP contribution in [0.5, 0.6) is 5.75 Å². The zero-order chi connectivity index (χ0) is 14.5. The Hall–Kier alpha value is -2.33. The highest BCUT2D eigenvalue weighted by Gasteiger charge is 2.09. The van der Waals surface area contributed by atoms with Crippen LogP contribution in [0.25, 0.3) is 0 Å². The molecule has 0 aliphatic carbocycles. The van der Waals surface area contributed by atoms with Crippen molar-refractivity contribution in [1.29, 1.82) is 0 Å². The van der Waals surface area contributed by atoms with E-state index < -0.39 is 0 Å². The number of aryl methyl sites for hydroxylation is 1. The summed E-state index contributed by atoms with van der Waals surface area (Å²) >= 11 is 0. The minimum Gasteiger partial charge on any atom is -0.505 e. The van der Waals surface area contributed by atoms with Gasteiger partial charge in [-0.15, -0.1) is 0 Å². The van der Waals surface area contributed by atoms with Crippen LogP contribution >= 0.6 is 0 Å². The number of phenols is 1. The van der Waals surface area contributed by atoms with E-state index in [1.807, 2.05) is 12.1 Å². The molecule has 0 saturated carbocycles. The molecule has 0 aliphatic heterocycles. The van der Waals surface area contributed by atoms with Gasteiger partial charge >= 0.3 is 0 Å². The van der Waals surface area contributed by atoms with Crippen molar-refractivity contribution in [2.75, 3.05) is 11.9 Å². The quantitative estimate of drug-likeness (QED) is 0.747. The number of aromatic hydroxyl groups is 1. The average molecular weight is 270 g/mol. The highest BCUT2D eigenvalue weighted by Crippen LogP contribution is 2.26. The van der Waals surface area contributed by atoms with Crippen molar-refractivity contribution >= 4 is 11.6 Å². The number of hydrogen-bond acceptors (Lipinski definition) is 3. The molecule has 4 heteroatoms. The predicted octanol–water partition coefficient (Wildman–Crippen LogP) is 2.45. The number of nitrogens with one attached hydrogen (secondary N) is 1. The van der Waals surface area contributed by atoms with Gasteiger partial charge in [-0.25, -0.2) is 0 Å². The lowest BCUT2D eigenvalue weighted by molar-refractivity contribution is 0.102. The first-order chi connectivity index (χ1) is 9.61. The summed E-state index contributed by atoms with van der Waals surface area (Å²) in [6.07, 6.45) is 0.792. The normalized spacial score (nSPS) is 10.3. The van der Waals surface area contributed by atoms with Gasteiger partial charge in [0, 0.05) is 5.56 Å². The Morgan fingerprint density at radius 2 is 1.90 bits per heavy atom. The fourth-order valence-corrected chi connectivity index (χ4v) is 1.94. The first-order valence-corrected chi connectivity index (χ1v) is 6.50. The first kappa shape index (κ1) is 14.1. The molecule has 2 aromatic carbocycles. The van der Waals surface area contributed by atoms with Crippen LogP contribution in [-0.2, 0) is 6.42 Å². The Morgan fingerprint density at radius 1 is 1.20 bits per heavy atom. The van der Waals surface area contributed by atoms with Gasteiger partial charge in [0.2, 0.25) is 0 Å². The fraction of sp³-hybridized carbons (Fsp3) is 0.188. The summed E-state index contributed by atoms with van der Waals surface area (Å²) in [5, 5.41) is 12.6. The minimum atomic E-state index is -0.245. The maximum atomic E-state index is 12.1. The summed E-state index contributed by atoms with van der Waals surface area (Å²) < 4.78 is 0. The van der Waals surface area contributed by atoms with Crippen molar-refractivity contribution < 1.29 is 9.90 Å². The molecule has 0 atom stereocenters. The molecule has 0 spiro atoms. The van der Waals surface area contributed by atoms with Gasteiger partial charge in [-0.2, -0.15) is 0 Å². The number of amides is 1. The topological polar surface area (TPSA) is 75.4 Å². The Bertz CT molecular complexity index is 606. The second-order valence-electron chi connectivity index (χ2n) is 4.66. The molecule has 0 saturated heterocycles. The Balaban J connectivity index is 2.13. The van der Waals surface area contributed by atoms with Gasteiger partial charge in [-0.05, 0) is 49.2 Å². The van der Waals surface area contributed by atoms with E-state index >= 15 is 0 Å². The summed E-state index contributed by atoms with van der Waals surface area (Å²) in [6, 6.07) is 12.5. The van der Waals surface area contributed by atoms with Gasteiger partial charge in [0.05, 0.1) is 5.69 Å². The molecule has 2 rings (SSSR count). The Labute approximate surface area is 118 Å². The maximum absolute atomic E-state index is 12.1. The molecular weight excluding hydrogens is 252 g/mol. The third-order valence-corrected chi connectivity index (χ3v) is 3.14. The zero-order valence-corrected chi connectivity index (χ0v) is 11.4. The SMILES string of the molecule is Cc1cccc(NC(=O)c2ccc(CCN)cc2)c1O. The van der Waals surface area contributed by atoms with Gasteiger partial charge in [0.25, 0.3) is 5.91 Å². The minimum absolute atomic E-state index is 0.0978. The standard InChI is InChI=1S/C16H18N2O2/c1-11-3-2-4-14(15(11)19)18-16(20)13-7-5-12(6-8-13)9-10-17/h2-8,19H,9-10,17H2,1H3,(H,18,20). The number of hydrogen-bond donors (Lipinski definition) is 3. The summed E-state index contributed by atoms with van der Waals surface area (Å²) in [6.45, 7) is 2.37. The molecule has 4 nitrogen and oxygen atoms in total. The van der Waals surface area contributed by atoms with Crippen molar-refractivity contribution in [3.8, 4) is 5.75 Å². The molecular formula is C16H18N2O2. The van der Waals surface area contributed by atoms with E-state index in [2.05, 4.69) is 5.32 Å². The van der Waals surface area contributed by atoms with Crippen LogP contribution in [0.15, 0.2) is 42.5 Å².